The Bertz CT molecular complexity index is 1160. The molecule has 10 heteroatoms. The number of hydrogen-bond donors (Lipinski definition) is 1. The van der Waals surface area contributed by atoms with E-state index in [1.807, 2.05) is 36.6 Å². The highest BCUT2D eigenvalue weighted by atomic mass is 32.2. The second-order valence-electron chi connectivity index (χ2n) is 8.29. The summed E-state index contributed by atoms with van der Waals surface area (Å²) in [5.41, 5.74) is 1.77. The molecule has 34 heavy (non-hydrogen) atoms. The van der Waals surface area contributed by atoms with Crippen LogP contribution in [-0.2, 0) is 11.3 Å². The van der Waals surface area contributed by atoms with Crippen LogP contribution in [0, 0.1) is 18.3 Å². The summed E-state index contributed by atoms with van der Waals surface area (Å²) in [6, 6.07) is 10.2. The maximum atomic E-state index is 12.9. The molecule has 1 unspecified atom stereocenters. The van der Waals surface area contributed by atoms with Gasteiger partial charge in [0.2, 0.25) is 0 Å². The van der Waals surface area contributed by atoms with E-state index < -0.39 is 5.92 Å². The van der Waals surface area contributed by atoms with Gasteiger partial charge in [0.1, 0.15) is 10.8 Å². The molecule has 2 heterocycles. The van der Waals surface area contributed by atoms with Gasteiger partial charge in [-0.05, 0) is 31.9 Å². The number of nitrogens with zero attached hydrogens (tertiary/aromatic N) is 5. The zero-order chi connectivity index (χ0) is 23.9. The zero-order valence-corrected chi connectivity index (χ0v) is 21.0. The molecule has 0 bridgehead atoms. The lowest BCUT2D eigenvalue weighted by molar-refractivity contribution is -0.116. The van der Waals surface area contributed by atoms with Gasteiger partial charge in [-0.25, -0.2) is 4.98 Å². The number of benzene rings is 1. The van der Waals surface area contributed by atoms with Crippen molar-refractivity contribution in [2.75, 3.05) is 18.2 Å². The third-order valence-corrected chi connectivity index (χ3v) is 7.87. The molecule has 4 rings (SSSR count). The molecule has 0 radical (unpaired) electrons. The largest absolute Gasteiger partial charge is 0.497 e. The SMILES string of the molecule is COc1cccc(NCc2nnc(SCC(=O)C(C#N)c3nc(C)cs3)n2C2CCCCC2)c1. The van der Waals surface area contributed by atoms with Gasteiger partial charge < -0.3 is 14.6 Å². The second-order valence-corrected chi connectivity index (χ2v) is 10.1. The molecule has 8 nitrogen and oxygen atoms in total. The Balaban J connectivity index is 1.49. The molecule has 1 N–H and O–H groups in total. The minimum atomic E-state index is -0.841. The van der Waals surface area contributed by atoms with Crippen molar-refractivity contribution in [3.63, 3.8) is 0 Å². The Kier molecular flexibility index (Phi) is 8.19. The highest BCUT2D eigenvalue weighted by molar-refractivity contribution is 7.99. The summed E-state index contributed by atoms with van der Waals surface area (Å²) in [5.74, 6) is 0.793. The van der Waals surface area contributed by atoms with Crippen molar-refractivity contribution in [3.05, 3.63) is 46.2 Å². The van der Waals surface area contributed by atoms with Crippen LogP contribution >= 0.6 is 23.1 Å². The summed E-state index contributed by atoms with van der Waals surface area (Å²) < 4.78 is 7.50. The number of ether oxygens (including phenoxy) is 1. The van der Waals surface area contributed by atoms with E-state index >= 15 is 0 Å². The fourth-order valence-electron chi connectivity index (χ4n) is 4.14. The first-order valence-corrected chi connectivity index (χ1v) is 13.2. The van der Waals surface area contributed by atoms with Gasteiger partial charge in [-0.15, -0.1) is 21.5 Å². The van der Waals surface area contributed by atoms with E-state index in [1.54, 1.807) is 7.11 Å². The number of nitriles is 1. The topological polar surface area (TPSA) is 106 Å². The van der Waals surface area contributed by atoms with Gasteiger partial charge in [0.05, 0.1) is 25.5 Å². The van der Waals surface area contributed by atoms with E-state index in [-0.39, 0.29) is 11.5 Å². The number of rotatable bonds is 10. The van der Waals surface area contributed by atoms with Crippen LogP contribution in [0.25, 0.3) is 0 Å². The molecule has 2 aromatic heterocycles. The highest BCUT2D eigenvalue weighted by Gasteiger charge is 2.27. The fourth-order valence-corrected chi connectivity index (χ4v) is 5.93. The monoisotopic (exact) mass is 496 g/mol. The Morgan fingerprint density at radius 3 is 2.88 bits per heavy atom. The summed E-state index contributed by atoms with van der Waals surface area (Å²) in [7, 11) is 1.65. The lowest BCUT2D eigenvalue weighted by Gasteiger charge is -2.25. The number of aryl methyl sites for hydroxylation is 1. The third kappa shape index (κ3) is 5.77. The molecule has 1 saturated carbocycles. The van der Waals surface area contributed by atoms with Crippen molar-refractivity contribution in [1.29, 1.82) is 5.26 Å². The summed E-state index contributed by atoms with van der Waals surface area (Å²) >= 11 is 2.72. The number of aromatic nitrogens is 4. The molecule has 0 aliphatic heterocycles. The second kappa shape index (κ2) is 11.5. The molecular formula is C24H28N6O2S2. The van der Waals surface area contributed by atoms with E-state index in [9.17, 15) is 10.1 Å². The lowest BCUT2D eigenvalue weighted by atomic mass is 9.95. The molecule has 1 aliphatic rings. The van der Waals surface area contributed by atoms with Crippen LogP contribution in [0.5, 0.6) is 5.75 Å². The lowest BCUT2D eigenvalue weighted by Crippen LogP contribution is -2.19. The summed E-state index contributed by atoms with van der Waals surface area (Å²) in [5, 5.41) is 25.0. The Hall–Kier alpha value is -2.90. The number of ketones is 1. The van der Waals surface area contributed by atoms with Gasteiger partial charge in [-0.1, -0.05) is 37.1 Å². The average Bonchev–Trinajstić information content (AvgIpc) is 3.48. The first kappa shape index (κ1) is 24.2. The van der Waals surface area contributed by atoms with Crippen LogP contribution < -0.4 is 10.1 Å². The number of carbonyl (C=O) groups is 1. The third-order valence-electron chi connectivity index (χ3n) is 5.87. The number of anilines is 1. The fraction of sp³-hybridized carbons (Fsp3) is 0.458. The molecule has 178 valence electrons. The Labute approximate surface area is 207 Å². The van der Waals surface area contributed by atoms with Crippen molar-refractivity contribution in [2.24, 2.45) is 0 Å². The Morgan fingerprint density at radius 2 is 2.18 bits per heavy atom. The molecular weight excluding hydrogens is 468 g/mol. The van der Waals surface area contributed by atoms with Crippen LogP contribution in [-0.4, -0.2) is 38.4 Å². The highest BCUT2D eigenvalue weighted by Crippen LogP contribution is 2.33. The van der Waals surface area contributed by atoms with E-state index in [1.165, 1.54) is 42.4 Å². The number of Topliss-reactive ketones (excluding diaryl/α,β-unsaturated/α-hetero) is 1. The average molecular weight is 497 g/mol. The van der Waals surface area contributed by atoms with E-state index in [0.29, 0.717) is 17.6 Å². The predicted molar refractivity (Wildman–Crippen MR) is 133 cm³/mol. The maximum absolute atomic E-state index is 12.9. The molecule has 0 spiro atoms. The van der Waals surface area contributed by atoms with Gasteiger partial charge in [0, 0.05) is 28.9 Å². The molecule has 1 aromatic carbocycles. The standard InChI is InChI=1S/C24H28N6O2S2/c1-16-14-33-23(27-16)20(12-25)21(31)15-34-24-29-28-22(30(24)18-8-4-3-5-9-18)13-26-17-7-6-10-19(11-17)32-2/h6-7,10-11,14,18,20,26H,3-5,8-9,13,15H2,1-2H3. The van der Waals surface area contributed by atoms with Crippen LogP contribution in [0.3, 0.4) is 0 Å². The van der Waals surface area contributed by atoms with Crippen LogP contribution in [0.4, 0.5) is 5.69 Å². The molecule has 1 aliphatic carbocycles. The summed E-state index contributed by atoms with van der Waals surface area (Å²) in [6.45, 7) is 2.38. The van der Waals surface area contributed by atoms with Crippen molar-refractivity contribution < 1.29 is 9.53 Å². The van der Waals surface area contributed by atoms with Gasteiger partial charge in [-0.2, -0.15) is 5.26 Å². The number of thioether (sulfide) groups is 1. The number of nitrogens with one attached hydrogen (secondary N) is 1. The van der Waals surface area contributed by atoms with Gasteiger partial charge >= 0.3 is 0 Å². The van der Waals surface area contributed by atoms with Crippen molar-refractivity contribution in [2.45, 2.75) is 62.7 Å². The molecule has 0 saturated heterocycles. The Morgan fingerprint density at radius 1 is 1.35 bits per heavy atom. The molecule has 3 aromatic rings. The predicted octanol–water partition coefficient (Wildman–Crippen LogP) is 5.14. The molecule has 1 fully saturated rings. The normalized spacial score (nSPS) is 15.0. The van der Waals surface area contributed by atoms with Crippen molar-refractivity contribution in [3.8, 4) is 11.8 Å². The first-order valence-electron chi connectivity index (χ1n) is 11.4. The van der Waals surface area contributed by atoms with Gasteiger partial charge in [0.25, 0.3) is 0 Å². The number of thiazole rings is 1. The van der Waals surface area contributed by atoms with E-state index in [2.05, 4.69) is 31.1 Å². The molecule has 1 atom stereocenters. The maximum Gasteiger partial charge on any atom is 0.191 e. The minimum Gasteiger partial charge on any atom is -0.497 e. The van der Waals surface area contributed by atoms with Crippen LogP contribution in [0.15, 0.2) is 34.8 Å². The van der Waals surface area contributed by atoms with Crippen LogP contribution in [0.2, 0.25) is 0 Å². The van der Waals surface area contributed by atoms with Crippen molar-refractivity contribution in [1.82, 2.24) is 19.7 Å². The zero-order valence-electron chi connectivity index (χ0n) is 19.4. The minimum absolute atomic E-state index is 0.156. The van der Waals surface area contributed by atoms with Crippen LogP contribution in [0.1, 0.15) is 60.6 Å². The van der Waals surface area contributed by atoms with Crippen molar-refractivity contribution >= 4 is 34.6 Å². The van der Waals surface area contributed by atoms with E-state index in [4.69, 9.17) is 4.74 Å². The van der Waals surface area contributed by atoms with Gasteiger partial charge in [-0.3, -0.25) is 4.79 Å². The summed E-state index contributed by atoms with van der Waals surface area (Å²) in [4.78, 5) is 17.2. The summed E-state index contributed by atoms with van der Waals surface area (Å²) in [6.07, 6.45) is 5.74. The first-order chi connectivity index (χ1) is 16.6. The van der Waals surface area contributed by atoms with Gasteiger partial charge in [0.15, 0.2) is 22.7 Å². The number of carbonyl (C=O) groups excluding carboxylic acids is 1. The van der Waals surface area contributed by atoms with E-state index in [0.717, 1.165) is 41.0 Å². The number of methoxy groups -OCH3 is 1. The number of hydrogen-bond acceptors (Lipinski definition) is 9. The quantitative estimate of drug-likeness (QED) is 0.385. The molecule has 0 amide bonds. The smallest absolute Gasteiger partial charge is 0.191 e.